The highest BCUT2D eigenvalue weighted by molar-refractivity contribution is 7.13. The number of aromatic nitrogens is 5. The van der Waals surface area contributed by atoms with E-state index in [1.54, 1.807) is 11.3 Å². The van der Waals surface area contributed by atoms with Crippen LogP contribution in [0.3, 0.4) is 0 Å². The van der Waals surface area contributed by atoms with Gasteiger partial charge in [0.25, 0.3) is 0 Å². The molecule has 2 aromatic rings. The van der Waals surface area contributed by atoms with Gasteiger partial charge in [0.2, 0.25) is 0 Å². The van der Waals surface area contributed by atoms with Crippen LogP contribution in [0.1, 0.15) is 11.5 Å². The first-order chi connectivity index (χ1) is 6.34. The van der Waals surface area contributed by atoms with Crippen LogP contribution in [-0.4, -0.2) is 25.6 Å². The minimum atomic E-state index is 0.545. The molecule has 0 saturated heterocycles. The van der Waals surface area contributed by atoms with E-state index in [-0.39, 0.29) is 0 Å². The number of thiazole rings is 1. The van der Waals surface area contributed by atoms with Gasteiger partial charge in [-0.15, -0.1) is 21.5 Å². The van der Waals surface area contributed by atoms with Gasteiger partial charge in [0.1, 0.15) is 0 Å². The number of aryl methyl sites for hydroxylation is 1. The van der Waals surface area contributed by atoms with E-state index < -0.39 is 0 Å². The molecule has 0 saturated carbocycles. The van der Waals surface area contributed by atoms with Crippen LogP contribution >= 0.6 is 11.3 Å². The number of aromatic amines is 1. The van der Waals surface area contributed by atoms with Gasteiger partial charge >= 0.3 is 0 Å². The minimum absolute atomic E-state index is 0.545. The average molecular weight is 196 g/mol. The summed E-state index contributed by atoms with van der Waals surface area (Å²) >= 11 is 1.56. The number of nitrogens with zero attached hydrogens (tertiary/aromatic N) is 4. The number of hydrogen-bond acceptors (Lipinski definition) is 6. The molecule has 2 N–H and O–H groups in total. The molecule has 0 fully saturated rings. The summed E-state index contributed by atoms with van der Waals surface area (Å²) in [5.74, 6) is 0.632. The Labute approximate surface area is 78.4 Å². The minimum Gasteiger partial charge on any atom is -0.354 e. The van der Waals surface area contributed by atoms with E-state index in [0.29, 0.717) is 12.4 Å². The van der Waals surface area contributed by atoms with Crippen molar-refractivity contribution in [3.05, 3.63) is 16.9 Å². The molecular weight excluding hydrogens is 188 g/mol. The lowest BCUT2D eigenvalue weighted by molar-refractivity contribution is 0.881. The number of hydrogen-bond donors (Lipinski definition) is 2. The van der Waals surface area contributed by atoms with Crippen molar-refractivity contribution in [2.75, 3.05) is 5.32 Å². The smallest absolute Gasteiger partial charge is 0.193 e. The summed E-state index contributed by atoms with van der Waals surface area (Å²) in [5.41, 5.74) is 1.01. The van der Waals surface area contributed by atoms with E-state index >= 15 is 0 Å². The lowest BCUT2D eigenvalue weighted by atomic mass is 10.6. The Morgan fingerprint density at radius 1 is 1.62 bits per heavy atom. The van der Waals surface area contributed by atoms with E-state index in [9.17, 15) is 0 Å². The molecule has 6 nitrogen and oxygen atoms in total. The highest BCUT2D eigenvalue weighted by Gasteiger charge is 2.00. The maximum atomic E-state index is 4.23. The molecule has 2 rings (SSSR count). The molecule has 2 aromatic heterocycles. The summed E-state index contributed by atoms with van der Waals surface area (Å²) in [4.78, 5) is 4.23. The zero-order valence-electron chi connectivity index (χ0n) is 6.98. The molecule has 0 atom stereocenters. The quantitative estimate of drug-likeness (QED) is 0.750. The second-order valence-corrected chi connectivity index (χ2v) is 3.33. The fraction of sp³-hybridized carbons (Fsp3) is 0.333. The van der Waals surface area contributed by atoms with Crippen molar-refractivity contribution in [3.63, 3.8) is 0 Å². The molecule has 7 heteroatoms. The zero-order valence-corrected chi connectivity index (χ0v) is 7.80. The SMILES string of the molecule is Cc1csc(NCc2nn[nH]n2)n1. The summed E-state index contributed by atoms with van der Waals surface area (Å²) < 4.78 is 0. The molecule has 0 aliphatic heterocycles. The normalized spacial score (nSPS) is 10.2. The van der Waals surface area contributed by atoms with Gasteiger partial charge in [-0.05, 0) is 6.92 Å². The average Bonchev–Trinajstić information content (AvgIpc) is 2.71. The van der Waals surface area contributed by atoms with Crippen molar-refractivity contribution < 1.29 is 0 Å². The maximum Gasteiger partial charge on any atom is 0.193 e. The predicted octanol–water partition coefficient (Wildman–Crippen LogP) is 0.577. The van der Waals surface area contributed by atoms with Crippen molar-refractivity contribution in [3.8, 4) is 0 Å². The van der Waals surface area contributed by atoms with Crippen LogP contribution in [0.25, 0.3) is 0 Å². The van der Waals surface area contributed by atoms with Crippen molar-refractivity contribution in [2.45, 2.75) is 13.5 Å². The van der Waals surface area contributed by atoms with Crippen LogP contribution in [0, 0.1) is 6.92 Å². The van der Waals surface area contributed by atoms with Gasteiger partial charge in [-0.3, -0.25) is 0 Å². The van der Waals surface area contributed by atoms with Gasteiger partial charge in [-0.25, -0.2) is 4.98 Å². The Morgan fingerprint density at radius 2 is 2.54 bits per heavy atom. The Kier molecular flexibility index (Phi) is 2.17. The molecule has 0 aliphatic rings. The van der Waals surface area contributed by atoms with Gasteiger partial charge in [-0.2, -0.15) is 5.21 Å². The van der Waals surface area contributed by atoms with Crippen LogP contribution in [0.15, 0.2) is 5.38 Å². The molecule has 0 bridgehead atoms. The third-order valence-corrected chi connectivity index (χ3v) is 2.32. The summed E-state index contributed by atoms with van der Waals surface area (Å²) in [6.07, 6.45) is 0. The molecule has 0 amide bonds. The lowest BCUT2D eigenvalue weighted by Crippen LogP contribution is -2.00. The first kappa shape index (κ1) is 8.11. The summed E-state index contributed by atoms with van der Waals surface area (Å²) in [7, 11) is 0. The van der Waals surface area contributed by atoms with E-state index in [4.69, 9.17) is 0 Å². The highest BCUT2D eigenvalue weighted by Crippen LogP contribution is 2.14. The van der Waals surface area contributed by atoms with E-state index in [1.165, 1.54) is 0 Å². The number of rotatable bonds is 3. The molecule has 0 radical (unpaired) electrons. The van der Waals surface area contributed by atoms with E-state index in [1.807, 2.05) is 12.3 Å². The van der Waals surface area contributed by atoms with E-state index in [2.05, 4.69) is 30.9 Å². The zero-order chi connectivity index (χ0) is 9.10. The fourth-order valence-corrected chi connectivity index (χ4v) is 1.53. The van der Waals surface area contributed by atoms with Crippen molar-refractivity contribution in [2.24, 2.45) is 0 Å². The highest BCUT2D eigenvalue weighted by atomic mass is 32.1. The number of tetrazole rings is 1. The van der Waals surface area contributed by atoms with Gasteiger partial charge in [0.05, 0.1) is 12.2 Å². The summed E-state index contributed by atoms with van der Waals surface area (Å²) in [5, 5.41) is 19.4. The monoisotopic (exact) mass is 196 g/mol. The second kappa shape index (κ2) is 3.48. The third kappa shape index (κ3) is 2.00. The van der Waals surface area contributed by atoms with Crippen LogP contribution < -0.4 is 5.32 Å². The first-order valence-corrected chi connectivity index (χ1v) is 4.61. The predicted molar refractivity (Wildman–Crippen MR) is 48.4 cm³/mol. The molecule has 0 aromatic carbocycles. The lowest BCUT2D eigenvalue weighted by Gasteiger charge is -1.95. The Morgan fingerprint density at radius 3 is 3.15 bits per heavy atom. The first-order valence-electron chi connectivity index (χ1n) is 3.73. The van der Waals surface area contributed by atoms with E-state index in [0.717, 1.165) is 10.8 Å². The Balaban J connectivity index is 1.93. The maximum absolute atomic E-state index is 4.23. The Hall–Kier alpha value is -1.50. The topological polar surface area (TPSA) is 79.4 Å². The molecule has 0 aliphatic carbocycles. The fourth-order valence-electron chi connectivity index (χ4n) is 0.847. The van der Waals surface area contributed by atoms with Crippen LogP contribution in [0.5, 0.6) is 0 Å². The van der Waals surface area contributed by atoms with Gasteiger partial charge in [-0.1, -0.05) is 5.21 Å². The largest absolute Gasteiger partial charge is 0.354 e. The molecule has 0 spiro atoms. The molecule has 0 unspecified atom stereocenters. The standard InChI is InChI=1S/C6H8N6S/c1-4-3-13-6(8-4)7-2-5-9-11-12-10-5/h3H,2H2,1H3,(H,7,8)(H,9,10,11,12). The van der Waals surface area contributed by atoms with Gasteiger partial charge in [0, 0.05) is 5.38 Å². The van der Waals surface area contributed by atoms with Crippen LogP contribution in [-0.2, 0) is 6.54 Å². The van der Waals surface area contributed by atoms with Crippen LogP contribution in [0.4, 0.5) is 5.13 Å². The molecule has 2 heterocycles. The summed E-state index contributed by atoms with van der Waals surface area (Å²) in [6.45, 7) is 2.50. The second-order valence-electron chi connectivity index (χ2n) is 2.48. The summed E-state index contributed by atoms with van der Waals surface area (Å²) in [6, 6.07) is 0. The van der Waals surface area contributed by atoms with Gasteiger partial charge < -0.3 is 5.32 Å². The number of H-pyrrole nitrogens is 1. The van der Waals surface area contributed by atoms with Crippen LogP contribution in [0.2, 0.25) is 0 Å². The molecular formula is C6H8N6S. The van der Waals surface area contributed by atoms with Crippen molar-refractivity contribution in [1.82, 2.24) is 25.6 Å². The number of nitrogens with one attached hydrogen (secondary N) is 2. The van der Waals surface area contributed by atoms with Crippen molar-refractivity contribution in [1.29, 1.82) is 0 Å². The third-order valence-electron chi connectivity index (χ3n) is 1.41. The molecule has 13 heavy (non-hydrogen) atoms. The van der Waals surface area contributed by atoms with Gasteiger partial charge in [0.15, 0.2) is 11.0 Å². The molecule has 68 valence electrons. The van der Waals surface area contributed by atoms with Crippen molar-refractivity contribution >= 4 is 16.5 Å². The number of anilines is 1. The Bertz CT molecular complexity index is 366.